The van der Waals surface area contributed by atoms with Crippen LogP contribution in [0.3, 0.4) is 0 Å². The number of hydrogen-bond donors (Lipinski definition) is 1. The molecule has 0 saturated carbocycles. The van der Waals surface area contributed by atoms with Gasteiger partial charge in [0.2, 0.25) is 5.82 Å². The van der Waals surface area contributed by atoms with Gasteiger partial charge in [-0.3, -0.25) is 9.78 Å². The lowest BCUT2D eigenvalue weighted by Crippen LogP contribution is -2.06. The van der Waals surface area contributed by atoms with Crippen molar-refractivity contribution in [1.82, 2.24) is 20.1 Å². The Morgan fingerprint density at radius 2 is 2.17 bits per heavy atom. The predicted octanol–water partition coefficient (Wildman–Crippen LogP) is 1.49. The van der Waals surface area contributed by atoms with Crippen molar-refractivity contribution in [2.75, 3.05) is 0 Å². The Morgan fingerprint density at radius 1 is 1.22 bits per heavy atom. The Kier molecular flexibility index (Phi) is 2.45. The van der Waals surface area contributed by atoms with Crippen LogP contribution in [0.4, 0.5) is 0 Å². The zero-order valence-corrected chi connectivity index (χ0v) is 9.20. The summed E-state index contributed by atoms with van der Waals surface area (Å²) in [6.07, 6.45) is 4.83. The third-order valence-corrected chi connectivity index (χ3v) is 2.39. The summed E-state index contributed by atoms with van der Waals surface area (Å²) in [6, 6.07) is 6.92. The van der Waals surface area contributed by atoms with Crippen LogP contribution >= 0.6 is 0 Å². The number of aromatic nitrogens is 4. The van der Waals surface area contributed by atoms with E-state index in [1.54, 1.807) is 36.8 Å². The molecule has 1 N–H and O–H groups in total. The van der Waals surface area contributed by atoms with Crippen LogP contribution in [0.5, 0.6) is 0 Å². The molecule has 0 unspecified atom stereocenters. The van der Waals surface area contributed by atoms with Crippen LogP contribution in [0, 0.1) is 0 Å². The number of pyridine rings is 2. The van der Waals surface area contributed by atoms with Gasteiger partial charge in [-0.15, -0.1) is 0 Å². The SMILES string of the molecule is O=c1[nH]cccc1-c1nc(-c2cccnc2)no1. The molecule has 0 fully saturated rings. The van der Waals surface area contributed by atoms with Crippen molar-refractivity contribution in [2.45, 2.75) is 0 Å². The van der Waals surface area contributed by atoms with E-state index in [0.29, 0.717) is 11.4 Å². The van der Waals surface area contributed by atoms with E-state index in [1.807, 2.05) is 6.07 Å². The van der Waals surface area contributed by atoms with Gasteiger partial charge < -0.3 is 9.51 Å². The van der Waals surface area contributed by atoms with Crippen molar-refractivity contribution in [1.29, 1.82) is 0 Å². The highest BCUT2D eigenvalue weighted by atomic mass is 16.5. The van der Waals surface area contributed by atoms with Gasteiger partial charge in [-0.1, -0.05) is 5.16 Å². The molecule has 0 aromatic carbocycles. The zero-order chi connectivity index (χ0) is 12.4. The number of H-pyrrole nitrogens is 1. The molecule has 3 heterocycles. The zero-order valence-electron chi connectivity index (χ0n) is 9.20. The first-order chi connectivity index (χ1) is 8.84. The monoisotopic (exact) mass is 240 g/mol. The van der Waals surface area contributed by atoms with Gasteiger partial charge in [-0.05, 0) is 24.3 Å². The molecule has 6 heteroatoms. The number of nitrogens with zero attached hydrogens (tertiary/aromatic N) is 3. The third-order valence-electron chi connectivity index (χ3n) is 2.39. The molecule has 3 rings (SSSR count). The minimum absolute atomic E-state index is 0.190. The molecule has 18 heavy (non-hydrogen) atoms. The number of aromatic amines is 1. The number of rotatable bonds is 2. The number of nitrogens with one attached hydrogen (secondary N) is 1. The summed E-state index contributed by atoms with van der Waals surface area (Å²) >= 11 is 0. The average molecular weight is 240 g/mol. The minimum Gasteiger partial charge on any atom is -0.333 e. The molecule has 0 aliphatic carbocycles. The Bertz CT molecular complexity index is 718. The normalized spacial score (nSPS) is 10.4. The summed E-state index contributed by atoms with van der Waals surface area (Å²) < 4.78 is 5.08. The predicted molar refractivity (Wildman–Crippen MR) is 63.6 cm³/mol. The highest BCUT2D eigenvalue weighted by molar-refractivity contribution is 5.57. The molecule has 0 bridgehead atoms. The summed E-state index contributed by atoms with van der Waals surface area (Å²) in [5.41, 5.74) is 0.818. The molecule has 3 aromatic heterocycles. The van der Waals surface area contributed by atoms with Crippen LogP contribution < -0.4 is 5.56 Å². The van der Waals surface area contributed by atoms with Crippen molar-refractivity contribution in [2.24, 2.45) is 0 Å². The van der Waals surface area contributed by atoms with E-state index >= 15 is 0 Å². The van der Waals surface area contributed by atoms with Crippen molar-refractivity contribution in [3.05, 3.63) is 53.2 Å². The number of hydrogen-bond acceptors (Lipinski definition) is 5. The van der Waals surface area contributed by atoms with Gasteiger partial charge in [0.05, 0.1) is 0 Å². The molecule has 88 valence electrons. The summed E-state index contributed by atoms with van der Waals surface area (Å²) in [5, 5.41) is 3.83. The second kappa shape index (κ2) is 4.25. The molecular formula is C12H8N4O2. The van der Waals surface area contributed by atoms with Crippen LogP contribution in [0.2, 0.25) is 0 Å². The van der Waals surface area contributed by atoms with Crippen LogP contribution in [-0.4, -0.2) is 20.1 Å². The Labute approximate surface area is 101 Å². The Hall–Kier alpha value is -2.76. The van der Waals surface area contributed by atoms with Crippen LogP contribution in [-0.2, 0) is 0 Å². The fourth-order valence-electron chi connectivity index (χ4n) is 1.54. The largest absolute Gasteiger partial charge is 0.333 e. The molecule has 0 aliphatic rings. The van der Waals surface area contributed by atoms with Crippen molar-refractivity contribution in [3.8, 4) is 22.8 Å². The van der Waals surface area contributed by atoms with Gasteiger partial charge in [0, 0.05) is 24.2 Å². The summed E-state index contributed by atoms with van der Waals surface area (Å²) in [7, 11) is 0. The highest BCUT2D eigenvalue weighted by Gasteiger charge is 2.12. The molecule has 0 radical (unpaired) electrons. The van der Waals surface area contributed by atoms with E-state index < -0.39 is 0 Å². The second-order valence-corrected chi connectivity index (χ2v) is 3.58. The average Bonchev–Trinajstić information content (AvgIpc) is 2.90. The fourth-order valence-corrected chi connectivity index (χ4v) is 1.54. The van der Waals surface area contributed by atoms with E-state index in [1.165, 1.54) is 0 Å². The third kappa shape index (κ3) is 1.80. The van der Waals surface area contributed by atoms with Crippen LogP contribution in [0.15, 0.2) is 52.2 Å². The standard InChI is InChI=1S/C12H8N4O2/c17-11-9(4-2-6-14-11)12-15-10(16-18-12)8-3-1-5-13-7-8/h1-7H,(H,14,17). The van der Waals surface area contributed by atoms with Gasteiger partial charge in [-0.2, -0.15) is 4.98 Å². The summed E-state index contributed by atoms with van der Waals surface area (Å²) in [4.78, 5) is 22.3. The van der Waals surface area contributed by atoms with Crippen molar-refractivity contribution >= 4 is 0 Å². The van der Waals surface area contributed by atoms with Crippen LogP contribution in [0.25, 0.3) is 22.8 Å². The summed E-state index contributed by atoms with van der Waals surface area (Å²) in [6.45, 7) is 0. The Morgan fingerprint density at radius 3 is 2.94 bits per heavy atom. The molecule has 6 nitrogen and oxygen atoms in total. The van der Waals surface area contributed by atoms with E-state index in [9.17, 15) is 4.79 Å². The van der Waals surface area contributed by atoms with Crippen LogP contribution in [0.1, 0.15) is 0 Å². The fraction of sp³-hybridized carbons (Fsp3) is 0. The molecular weight excluding hydrogens is 232 g/mol. The first kappa shape index (κ1) is 10.4. The lowest BCUT2D eigenvalue weighted by Gasteiger charge is -1.91. The maximum atomic E-state index is 11.6. The molecule has 0 spiro atoms. The first-order valence-electron chi connectivity index (χ1n) is 5.27. The van der Waals surface area contributed by atoms with Crippen molar-refractivity contribution < 1.29 is 4.52 Å². The maximum absolute atomic E-state index is 11.6. The molecule has 3 aromatic rings. The van der Waals surface area contributed by atoms with E-state index in [0.717, 1.165) is 5.56 Å². The quantitative estimate of drug-likeness (QED) is 0.733. The summed E-state index contributed by atoms with van der Waals surface area (Å²) in [5.74, 6) is 0.594. The van der Waals surface area contributed by atoms with Gasteiger partial charge >= 0.3 is 0 Å². The van der Waals surface area contributed by atoms with E-state index in [-0.39, 0.29) is 11.4 Å². The van der Waals surface area contributed by atoms with E-state index in [2.05, 4.69) is 20.1 Å². The lowest BCUT2D eigenvalue weighted by molar-refractivity contribution is 0.432. The van der Waals surface area contributed by atoms with Crippen molar-refractivity contribution in [3.63, 3.8) is 0 Å². The molecule has 0 aliphatic heterocycles. The minimum atomic E-state index is -0.265. The van der Waals surface area contributed by atoms with E-state index in [4.69, 9.17) is 4.52 Å². The highest BCUT2D eigenvalue weighted by Crippen LogP contribution is 2.18. The second-order valence-electron chi connectivity index (χ2n) is 3.58. The van der Waals surface area contributed by atoms with Gasteiger partial charge in [0.15, 0.2) is 0 Å². The topological polar surface area (TPSA) is 84.7 Å². The molecule has 0 amide bonds. The Balaban J connectivity index is 2.06. The van der Waals surface area contributed by atoms with Gasteiger partial charge in [0.25, 0.3) is 11.4 Å². The first-order valence-corrected chi connectivity index (χ1v) is 5.27. The lowest BCUT2D eigenvalue weighted by atomic mass is 10.2. The van der Waals surface area contributed by atoms with Gasteiger partial charge in [-0.25, -0.2) is 0 Å². The van der Waals surface area contributed by atoms with Gasteiger partial charge in [0.1, 0.15) is 5.56 Å². The molecule has 0 atom stereocenters. The molecule has 0 saturated heterocycles. The maximum Gasteiger partial charge on any atom is 0.263 e. The smallest absolute Gasteiger partial charge is 0.263 e.